The molecule has 146 valence electrons. The van der Waals surface area contributed by atoms with Crippen LogP contribution in [0.4, 0.5) is 0 Å². The smallest absolute Gasteiger partial charge is 0.355 e. The van der Waals surface area contributed by atoms with Crippen molar-refractivity contribution in [3.05, 3.63) is 46.7 Å². The van der Waals surface area contributed by atoms with E-state index in [1.54, 1.807) is 46.8 Å². The maximum absolute atomic E-state index is 13.2. The van der Waals surface area contributed by atoms with Gasteiger partial charge in [-0.1, -0.05) is 6.92 Å². The summed E-state index contributed by atoms with van der Waals surface area (Å²) in [5, 5.41) is 0. The van der Waals surface area contributed by atoms with Crippen LogP contribution in [-0.2, 0) is 16.1 Å². The van der Waals surface area contributed by atoms with E-state index in [1.165, 1.54) is 11.2 Å². The van der Waals surface area contributed by atoms with E-state index in [0.29, 0.717) is 22.6 Å². The molecule has 0 bridgehead atoms. The quantitative estimate of drug-likeness (QED) is 0.565. The molecule has 2 rings (SSSR count). The standard InChI is InChI=1S/C20H26N2O5/c1-6-16(23)22(11-15-9-8-10-27-15)14(5)19(24)17-12(3)18(21-13(17)4)20(25)26-7-2/h8-10,14,21H,6-7,11H2,1-5H3. The lowest BCUT2D eigenvalue weighted by molar-refractivity contribution is -0.133. The first-order valence-corrected chi connectivity index (χ1v) is 9.04. The van der Waals surface area contributed by atoms with Crippen molar-refractivity contribution in [2.45, 2.75) is 53.6 Å². The third-order valence-corrected chi connectivity index (χ3v) is 4.54. The van der Waals surface area contributed by atoms with Crippen LogP contribution in [0.15, 0.2) is 22.8 Å². The predicted octanol–water partition coefficient (Wildman–Crippen LogP) is 3.41. The summed E-state index contributed by atoms with van der Waals surface area (Å²) in [4.78, 5) is 42.1. The van der Waals surface area contributed by atoms with E-state index in [0.717, 1.165) is 0 Å². The highest BCUT2D eigenvalue weighted by atomic mass is 16.5. The van der Waals surface area contributed by atoms with Gasteiger partial charge in [0.2, 0.25) is 5.91 Å². The van der Waals surface area contributed by atoms with Crippen molar-refractivity contribution in [2.75, 3.05) is 6.61 Å². The van der Waals surface area contributed by atoms with Crippen LogP contribution in [0.2, 0.25) is 0 Å². The summed E-state index contributed by atoms with van der Waals surface area (Å²) in [6.07, 6.45) is 1.81. The van der Waals surface area contributed by atoms with Crippen molar-refractivity contribution >= 4 is 17.7 Å². The number of ketones is 1. The number of nitrogens with zero attached hydrogens (tertiary/aromatic N) is 1. The number of nitrogens with one attached hydrogen (secondary N) is 1. The molecular formula is C20H26N2O5. The molecule has 1 unspecified atom stereocenters. The predicted molar refractivity (Wildman–Crippen MR) is 99.6 cm³/mol. The molecule has 2 aromatic rings. The van der Waals surface area contributed by atoms with E-state index >= 15 is 0 Å². The average molecular weight is 374 g/mol. The van der Waals surface area contributed by atoms with Crippen LogP contribution in [0, 0.1) is 13.8 Å². The highest BCUT2D eigenvalue weighted by Gasteiger charge is 2.31. The lowest BCUT2D eigenvalue weighted by Gasteiger charge is -2.27. The summed E-state index contributed by atoms with van der Waals surface area (Å²) in [6.45, 7) is 9.05. The molecule has 0 aliphatic rings. The van der Waals surface area contributed by atoms with Crippen LogP contribution in [0.5, 0.6) is 0 Å². The van der Waals surface area contributed by atoms with Gasteiger partial charge in [0.05, 0.1) is 25.5 Å². The van der Waals surface area contributed by atoms with Crippen molar-refractivity contribution in [1.82, 2.24) is 9.88 Å². The number of Topliss-reactive ketones (excluding diaryl/α,β-unsaturated/α-hetero) is 1. The van der Waals surface area contributed by atoms with E-state index in [-0.39, 0.29) is 37.0 Å². The molecule has 0 saturated carbocycles. The fraction of sp³-hybridized carbons (Fsp3) is 0.450. The number of aromatic amines is 1. The number of esters is 1. The van der Waals surface area contributed by atoms with Gasteiger partial charge in [0.15, 0.2) is 5.78 Å². The van der Waals surface area contributed by atoms with E-state index in [1.807, 2.05) is 0 Å². The normalized spacial score (nSPS) is 11.9. The molecular weight excluding hydrogens is 348 g/mol. The highest BCUT2D eigenvalue weighted by molar-refractivity contribution is 6.06. The van der Waals surface area contributed by atoms with Crippen LogP contribution in [0.3, 0.4) is 0 Å². The van der Waals surface area contributed by atoms with Crippen molar-refractivity contribution in [3.8, 4) is 0 Å². The molecule has 1 N–H and O–H groups in total. The molecule has 0 aliphatic carbocycles. The van der Waals surface area contributed by atoms with Gasteiger partial charge in [0.1, 0.15) is 11.5 Å². The van der Waals surface area contributed by atoms with Crippen LogP contribution in [-0.4, -0.2) is 40.2 Å². The number of hydrogen-bond donors (Lipinski definition) is 1. The van der Waals surface area contributed by atoms with Gasteiger partial charge in [0.25, 0.3) is 0 Å². The lowest BCUT2D eigenvalue weighted by Crippen LogP contribution is -2.42. The third-order valence-electron chi connectivity index (χ3n) is 4.54. The Labute approximate surface area is 158 Å². The SMILES string of the molecule is CCOC(=O)c1[nH]c(C)c(C(=O)C(C)N(Cc2ccco2)C(=O)CC)c1C. The van der Waals surface area contributed by atoms with Gasteiger partial charge in [-0.2, -0.15) is 0 Å². The Kier molecular flexibility index (Phi) is 6.60. The Balaban J connectivity index is 2.33. The number of H-pyrrole nitrogens is 1. The van der Waals surface area contributed by atoms with Crippen LogP contribution < -0.4 is 0 Å². The minimum atomic E-state index is -0.703. The van der Waals surface area contributed by atoms with Crippen LogP contribution >= 0.6 is 0 Å². The summed E-state index contributed by atoms with van der Waals surface area (Å²) >= 11 is 0. The van der Waals surface area contributed by atoms with Gasteiger partial charge in [0, 0.05) is 17.7 Å². The Morgan fingerprint density at radius 1 is 1.26 bits per heavy atom. The first-order chi connectivity index (χ1) is 12.8. The fourth-order valence-corrected chi connectivity index (χ4v) is 3.09. The molecule has 27 heavy (non-hydrogen) atoms. The molecule has 0 aliphatic heterocycles. The first-order valence-electron chi connectivity index (χ1n) is 9.04. The molecule has 0 spiro atoms. The number of aromatic nitrogens is 1. The molecule has 1 atom stereocenters. The number of carbonyl (C=O) groups is 3. The van der Waals surface area contributed by atoms with E-state index in [2.05, 4.69) is 4.98 Å². The summed E-state index contributed by atoms with van der Waals surface area (Å²) in [5.41, 5.74) is 1.79. The van der Waals surface area contributed by atoms with Gasteiger partial charge < -0.3 is 19.0 Å². The summed E-state index contributed by atoms with van der Waals surface area (Å²) in [5.74, 6) is -0.276. The van der Waals surface area contributed by atoms with Gasteiger partial charge in [-0.15, -0.1) is 0 Å². The number of ether oxygens (including phenoxy) is 1. The topological polar surface area (TPSA) is 92.6 Å². The second-order valence-electron chi connectivity index (χ2n) is 6.34. The molecule has 0 saturated heterocycles. The Hall–Kier alpha value is -2.83. The number of hydrogen-bond acceptors (Lipinski definition) is 5. The van der Waals surface area contributed by atoms with Gasteiger partial charge in [-0.3, -0.25) is 9.59 Å². The Morgan fingerprint density at radius 3 is 2.52 bits per heavy atom. The minimum absolute atomic E-state index is 0.149. The largest absolute Gasteiger partial charge is 0.467 e. The number of furan rings is 1. The summed E-state index contributed by atoms with van der Waals surface area (Å²) < 4.78 is 10.4. The molecule has 7 nitrogen and oxygen atoms in total. The molecule has 2 aromatic heterocycles. The Bertz CT molecular complexity index is 820. The van der Waals surface area contributed by atoms with E-state index in [4.69, 9.17) is 9.15 Å². The van der Waals surface area contributed by atoms with Crippen molar-refractivity contribution in [1.29, 1.82) is 0 Å². The number of amides is 1. The third kappa shape index (κ3) is 4.30. The van der Waals surface area contributed by atoms with Gasteiger partial charge in [-0.25, -0.2) is 4.79 Å². The van der Waals surface area contributed by atoms with Gasteiger partial charge >= 0.3 is 5.97 Å². The molecule has 2 heterocycles. The molecule has 0 aromatic carbocycles. The molecule has 0 fully saturated rings. The second kappa shape index (κ2) is 8.70. The van der Waals surface area contributed by atoms with E-state index < -0.39 is 12.0 Å². The summed E-state index contributed by atoms with van der Waals surface area (Å²) in [7, 11) is 0. The van der Waals surface area contributed by atoms with Crippen molar-refractivity contribution < 1.29 is 23.5 Å². The second-order valence-corrected chi connectivity index (χ2v) is 6.34. The average Bonchev–Trinajstić information content (AvgIpc) is 3.25. The molecule has 7 heteroatoms. The molecule has 1 amide bonds. The van der Waals surface area contributed by atoms with Gasteiger partial charge in [-0.05, 0) is 45.4 Å². The maximum atomic E-state index is 13.2. The Morgan fingerprint density at radius 2 is 1.96 bits per heavy atom. The summed E-state index contributed by atoms with van der Waals surface area (Å²) in [6, 6.07) is 2.80. The zero-order valence-electron chi connectivity index (χ0n) is 16.4. The zero-order valence-corrected chi connectivity index (χ0v) is 16.4. The van der Waals surface area contributed by atoms with Crippen molar-refractivity contribution in [3.63, 3.8) is 0 Å². The first kappa shape index (κ1) is 20.5. The number of rotatable bonds is 8. The lowest BCUT2D eigenvalue weighted by atomic mass is 9.99. The molecule has 0 radical (unpaired) electrons. The minimum Gasteiger partial charge on any atom is -0.467 e. The monoisotopic (exact) mass is 374 g/mol. The van der Waals surface area contributed by atoms with Crippen LogP contribution in [0.1, 0.15) is 65.1 Å². The highest BCUT2D eigenvalue weighted by Crippen LogP contribution is 2.23. The van der Waals surface area contributed by atoms with E-state index in [9.17, 15) is 14.4 Å². The number of carbonyl (C=O) groups excluding carboxylic acids is 3. The zero-order chi connectivity index (χ0) is 20.1. The maximum Gasteiger partial charge on any atom is 0.355 e. The fourth-order valence-electron chi connectivity index (χ4n) is 3.09. The van der Waals surface area contributed by atoms with Crippen molar-refractivity contribution in [2.24, 2.45) is 0 Å². The number of aryl methyl sites for hydroxylation is 1. The van der Waals surface area contributed by atoms with Crippen LogP contribution in [0.25, 0.3) is 0 Å².